The molecule has 0 radical (unpaired) electrons. The van der Waals surface area contributed by atoms with Gasteiger partial charge in [0.05, 0.1) is 6.54 Å². The minimum Gasteiger partial charge on any atom is -0.492 e. The monoisotopic (exact) mass is 435 g/mol. The molecule has 0 spiro atoms. The first-order valence-electron chi connectivity index (χ1n) is 8.05. The molecule has 0 aliphatic carbocycles. The third-order valence-corrected chi connectivity index (χ3v) is 3.03. The number of hydrogen-bond donors (Lipinski definition) is 2. The standard InChI is InChI=1S/C17H29N3O2.HI/c1-3-18-17(19-12-8-5-9-14-21-2)20-13-15-22-16-10-6-4-7-11-16;/h4,6-7,10-11H,3,5,8-9,12-15H2,1-2H3,(H2,18,19,20);1H. The topological polar surface area (TPSA) is 54.9 Å². The Kier molecular flexibility index (Phi) is 15.2. The van der Waals surface area contributed by atoms with Crippen molar-refractivity contribution in [1.29, 1.82) is 0 Å². The first-order valence-corrected chi connectivity index (χ1v) is 8.05. The van der Waals surface area contributed by atoms with Gasteiger partial charge in [0.2, 0.25) is 0 Å². The van der Waals surface area contributed by atoms with Gasteiger partial charge >= 0.3 is 0 Å². The summed E-state index contributed by atoms with van der Waals surface area (Å²) in [6, 6.07) is 9.84. The van der Waals surface area contributed by atoms with Gasteiger partial charge in [-0.3, -0.25) is 4.99 Å². The van der Waals surface area contributed by atoms with Crippen molar-refractivity contribution in [2.24, 2.45) is 4.99 Å². The van der Waals surface area contributed by atoms with Crippen molar-refractivity contribution in [3.05, 3.63) is 30.3 Å². The molecule has 0 heterocycles. The Morgan fingerprint density at radius 3 is 2.52 bits per heavy atom. The lowest BCUT2D eigenvalue weighted by Gasteiger charge is -2.12. The van der Waals surface area contributed by atoms with Crippen LogP contribution in [0.15, 0.2) is 35.3 Å². The number of rotatable bonds is 11. The maximum absolute atomic E-state index is 5.65. The predicted octanol–water partition coefficient (Wildman–Crippen LogP) is 3.06. The van der Waals surface area contributed by atoms with Crippen LogP contribution in [0.3, 0.4) is 0 Å². The minimum atomic E-state index is 0. The molecule has 0 aromatic heterocycles. The third-order valence-electron chi connectivity index (χ3n) is 3.03. The van der Waals surface area contributed by atoms with E-state index in [0.717, 1.165) is 57.2 Å². The van der Waals surface area contributed by atoms with Gasteiger partial charge in [-0.2, -0.15) is 0 Å². The van der Waals surface area contributed by atoms with Crippen molar-refractivity contribution < 1.29 is 9.47 Å². The number of hydrogen-bond acceptors (Lipinski definition) is 3. The average molecular weight is 435 g/mol. The number of nitrogens with zero attached hydrogens (tertiary/aromatic N) is 1. The molecule has 1 aromatic carbocycles. The highest BCUT2D eigenvalue weighted by Gasteiger charge is 1.97. The van der Waals surface area contributed by atoms with Crippen LogP contribution in [0.2, 0.25) is 0 Å². The van der Waals surface area contributed by atoms with E-state index in [1.807, 2.05) is 30.3 Å². The molecule has 0 aliphatic heterocycles. The number of benzene rings is 1. The van der Waals surface area contributed by atoms with E-state index in [0.29, 0.717) is 6.61 Å². The molecule has 2 N–H and O–H groups in total. The summed E-state index contributed by atoms with van der Waals surface area (Å²) in [7, 11) is 1.74. The van der Waals surface area contributed by atoms with E-state index in [-0.39, 0.29) is 24.0 Å². The molecule has 0 saturated heterocycles. The molecule has 0 aliphatic rings. The van der Waals surface area contributed by atoms with Gasteiger partial charge < -0.3 is 20.1 Å². The smallest absolute Gasteiger partial charge is 0.191 e. The highest BCUT2D eigenvalue weighted by atomic mass is 127. The Bertz CT molecular complexity index is 402. The van der Waals surface area contributed by atoms with Gasteiger partial charge in [-0.25, -0.2) is 0 Å². The number of nitrogens with one attached hydrogen (secondary N) is 2. The van der Waals surface area contributed by atoms with Crippen LogP contribution in [0.1, 0.15) is 26.2 Å². The van der Waals surface area contributed by atoms with E-state index in [4.69, 9.17) is 9.47 Å². The zero-order valence-corrected chi connectivity index (χ0v) is 16.5. The Morgan fingerprint density at radius 1 is 1.04 bits per heavy atom. The van der Waals surface area contributed by atoms with Gasteiger partial charge in [0.15, 0.2) is 5.96 Å². The number of unbranched alkanes of at least 4 members (excludes halogenated alkanes) is 2. The van der Waals surface area contributed by atoms with Gasteiger partial charge in [-0.15, -0.1) is 24.0 Å². The van der Waals surface area contributed by atoms with Crippen LogP contribution in [-0.2, 0) is 4.74 Å². The molecular formula is C17H30IN3O2. The molecule has 0 bridgehead atoms. The Balaban J connectivity index is 0.00000484. The van der Waals surface area contributed by atoms with Crippen LogP contribution in [0, 0.1) is 0 Å². The molecule has 0 unspecified atom stereocenters. The molecule has 23 heavy (non-hydrogen) atoms. The van der Waals surface area contributed by atoms with Crippen LogP contribution in [-0.4, -0.2) is 45.9 Å². The highest BCUT2D eigenvalue weighted by molar-refractivity contribution is 14.0. The van der Waals surface area contributed by atoms with Crippen LogP contribution in [0.25, 0.3) is 0 Å². The number of ether oxygens (including phenoxy) is 2. The molecule has 1 aromatic rings. The van der Waals surface area contributed by atoms with E-state index < -0.39 is 0 Å². The fourth-order valence-electron chi connectivity index (χ4n) is 1.92. The molecular weight excluding hydrogens is 405 g/mol. The Morgan fingerprint density at radius 2 is 1.83 bits per heavy atom. The molecule has 1 rings (SSSR count). The van der Waals surface area contributed by atoms with Gasteiger partial charge in [-0.1, -0.05) is 18.2 Å². The van der Waals surface area contributed by atoms with Gasteiger partial charge in [0.25, 0.3) is 0 Å². The Hall–Kier alpha value is -1.02. The van der Waals surface area contributed by atoms with E-state index in [9.17, 15) is 0 Å². The summed E-state index contributed by atoms with van der Waals surface area (Å²) < 4.78 is 10.7. The molecule has 132 valence electrons. The molecule has 6 heteroatoms. The molecule has 0 atom stereocenters. The molecule has 0 saturated carbocycles. The molecule has 0 amide bonds. The van der Waals surface area contributed by atoms with Crippen molar-refractivity contribution in [2.45, 2.75) is 26.2 Å². The zero-order chi connectivity index (χ0) is 15.9. The highest BCUT2D eigenvalue weighted by Crippen LogP contribution is 2.07. The number of para-hydroxylation sites is 1. The van der Waals surface area contributed by atoms with Crippen molar-refractivity contribution in [3.63, 3.8) is 0 Å². The molecule has 0 fully saturated rings. The fourth-order valence-corrected chi connectivity index (χ4v) is 1.92. The van der Waals surface area contributed by atoms with E-state index in [1.54, 1.807) is 7.11 Å². The van der Waals surface area contributed by atoms with Crippen molar-refractivity contribution >= 4 is 29.9 Å². The second kappa shape index (κ2) is 15.9. The lowest BCUT2D eigenvalue weighted by atomic mass is 10.2. The summed E-state index contributed by atoms with van der Waals surface area (Å²) in [6.07, 6.45) is 3.33. The number of guanidine groups is 1. The summed E-state index contributed by atoms with van der Waals surface area (Å²) in [4.78, 5) is 4.55. The fraction of sp³-hybridized carbons (Fsp3) is 0.588. The summed E-state index contributed by atoms with van der Waals surface area (Å²) in [5, 5.41) is 6.52. The second-order valence-electron chi connectivity index (χ2n) is 4.90. The molecule has 5 nitrogen and oxygen atoms in total. The quantitative estimate of drug-likeness (QED) is 0.243. The summed E-state index contributed by atoms with van der Waals surface area (Å²) >= 11 is 0. The SMILES string of the molecule is CCNC(=NCCCCCOC)NCCOc1ccccc1.I. The number of methoxy groups -OCH3 is 1. The van der Waals surface area contributed by atoms with Crippen LogP contribution in [0.5, 0.6) is 5.75 Å². The largest absolute Gasteiger partial charge is 0.492 e. The van der Waals surface area contributed by atoms with Crippen LogP contribution < -0.4 is 15.4 Å². The number of aliphatic imine (C=N–C) groups is 1. The van der Waals surface area contributed by atoms with E-state index in [1.165, 1.54) is 0 Å². The summed E-state index contributed by atoms with van der Waals surface area (Å²) in [5.41, 5.74) is 0. The second-order valence-corrected chi connectivity index (χ2v) is 4.90. The maximum Gasteiger partial charge on any atom is 0.191 e. The maximum atomic E-state index is 5.65. The van der Waals surface area contributed by atoms with Crippen LogP contribution >= 0.6 is 24.0 Å². The zero-order valence-electron chi connectivity index (χ0n) is 14.2. The van der Waals surface area contributed by atoms with E-state index in [2.05, 4.69) is 22.5 Å². The average Bonchev–Trinajstić information content (AvgIpc) is 2.55. The van der Waals surface area contributed by atoms with Gasteiger partial charge in [0.1, 0.15) is 12.4 Å². The van der Waals surface area contributed by atoms with Gasteiger partial charge in [-0.05, 0) is 38.3 Å². The van der Waals surface area contributed by atoms with Crippen molar-refractivity contribution in [2.75, 3.05) is 40.0 Å². The third kappa shape index (κ3) is 12.1. The lowest BCUT2D eigenvalue weighted by molar-refractivity contribution is 0.192. The van der Waals surface area contributed by atoms with Crippen LogP contribution in [0.4, 0.5) is 0 Å². The van der Waals surface area contributed by atoms with Crippen molar-refractivity contribution in [3.8, 4) is 5.75 Å². The summed E-state index contributed by atoms with van der Waals surface area (Å²) in [5.74, 6) is 1.75. The number of halogens is 1. The summed E-state index contributed by atoms with van der Waals surface area (Å²) in [6.45, 7) is 5.93. The Labute approximate surface area is 157 Å². The lowest BCUT2D eigenvalue weighted by Crippen LogP contribution is -2.39. The first kappa shape index (κ1) is 22.0. The van der Waals surface area contributed by atoms with Crippen molar-refractivity contribution in [1.82, 2.24) is 10.6 Å². The normalized spacial score (nSPS) is 10.8. The minimum absolute atomic E-state index is 0. The first-order chi connectivity index (χ1) is 10.9. The van der Waals surface area contributed by atoms with E-state index >= 15 is 0 Å². The predicted molar refractivity (Wildman–Crippen MR) is 107 cm³/mol. The van der Waals surface area contributed by atoms with Gasteiger partial charge in [0, 0.05) is 26.8 Å².